The van der Waals surface area contributed by atoms with Crippen LogP contribution in [0.25, 0.3) is 0 Å². The summed E-state index contributed by atoms with van der Waals surface area (Å²) in [4.78, 5) is 0. The molecule has 1 rings (SSSR count). The van der Waals surface area contributed by atoms with Crippen LogP contribution in [0.5, 0.6) is 0 Å². The molecule has 0 saturated heterocycles. The highest BCUT2D eigenvalue weighted by molar-refractivity contribution is 4.85. The summed E-state index contributed by atoms with van der Waals surface area (Å²) in [7, 11) is 0. The molecule has 1 aliphatic carbocycles. The molecule has 1 nitrogen and oxygen atoms in total. The predicted molar refractivity (Wildman–Crippen MR) is 72.7 cm³/mol. The van der Waals surface area contributed by atoms with E-state index in [0.717, 1.165) is 17.8 Å². The first kappa shape index (κ1) is 14.0. The van der Waals surface area contributed by atoms with E-state index in [1.165, 1.54) is 38.6 Å². The Bertz CT molecular complexity index is 188. The Morgan fingerprint density at radius 1 is 1.06 bits per heavy atom. The van der Waals surface area contributed by atoms with Crippen molar-refractivity contribution in [2.75, 3.05) is 6.54 Å². The molecule has 0 heterocycles. The maximum atomic E-state index is 3.66. The molecule has 0 radical (unpaired) electrons. The van der Waals surface area contributed by atoms with E-state index in [0.29, 0.717) is 0 Å². The molecule has 1 saturated carbocycles. The van der Waals surface area contributed by atoms with Crippen molar-refractivity contribution in [1.29, 1.82) is 0 Å². The van der Waals surface area contributed by atoms with Crippen LogP contribution in [-0.4, -0.2) is 12.1 Å². The molecule has 1 fully saturated rings. The van der Waals surface area contributed by atoms with Crippen LogP contribution >= 0.6 is 0 Å². The molecule has 96 valence electrons. The van der Waals surface area contributed by atoms with Gasteiger partial charge in [-0.05, 0) is 64.3 Å². The van der Waals surface area contributed by atoms with E-state index in [1.807, 2.05) is 0 Å². The highest BCUT2D eigenvalue weighted by Crippen LogP contribution is 2.39. The molecule has 0 aliphatic heterocycles. The second-order valence-electron chi connectivity index (χ2n) is 6.65. The molecule has 1 aliphatic rings. The lowest BCUT2D eigenvalue weighted by Gasteiger charge is -2.40. The van der Waals surface area contributed by atoms with Crippen LogP contribution in [0.15, 0.2) is 0 Å². The van der Waals surface area contributed by atoms with E-state index in [2.05, 4.69) is 39.9 Å². The number of hydrogen-bond donors (Lipinski definition) is 1. The summed E-state index contributed by atoms with van der Waals surface area (Å²) in [6, 6.07) is 0. The van der Waals surface area contributed by atoms with E-state index in [4.69, 9.17) is 0 Å². The third-order valence-electron chi connectivity index (χ3n) is 4.26. The highest BCUT2D eigenvalue weighted by Gasteiger charge is 2.32. The van der Waals surface area contributed by atoms with Crippen molar-refractivity contribution in [2.45, 2.75) is 72.3 Å². The van der Waals surface area contributed by atoms with Crippen LogP contribution in [0, 0.1) is 17.8 Å². The maximum absolute atomic E-state index is 3.66. The van der Waals surface area contributed by atoms with Crippen LogP contribution in [0.4, 0.5) is 0 Å². The number of hydrogen-bond acceptors (Lipinski definition) is 1. The zero-order valence-electron chi connectivity index (χ0n) is 12.0. The summed E-state index contributed by atoms with van der Waals surface area (Å²) in [6.45, 7) is 12.7. The zero-order valence-corrected chi connectivity index (χ0v) is 12.0. The smallest absolute Gasteiger partial charge is 0.00966 e. The summed E-state index contributed by atoms with van der Waals surface area (Å²) in [5, 5.41) is 3.66. The van der Waals surface area contributed by atoms with Crippen molar-refractivity contribution in [3.05, 3.63) is 0 Å². The number of nitrogens with one attached hydrogen (secondary N) is 1. The van der Waals surface area contributed by atoms with Crippen molar-refractivity contribution < 1.29 is 0 Å². The van der Waals surface area contributed by atoms with Gasteiger partial charge in [0.15, 0.2) is 0 Å². The van der Waals surface area contributed by atoms with Gasteiger partial charge in [0, 0.05) is 5.54 Å². The van der Waals surface area contributed by atoms with E-state index in [-0.39, 0.29) is 5.54 Å². The van der Waals surface area contributed by atoms with Crippen LogP contribution in [0.3, 0.4) is 0 Å². The minimum Gasteiger partial charge on any atom is -0.312 e. The SMILES string of the molecule is CCC(CC)CC1CCC1CNC(C)(C)C. The lowest BCUT2D eigenvalue weighted by molar-refractivity contribution is 0.127. The Labute approximate surface area is 102 Å². The molecule has 0 aromatic carbocycles. The van der Waals surface area contributed by atoms with Gasteiger partial charge in [0.05, 0.1) is 0 Å². The van der Waals surface area contributed by atoms with Crippen molar-refractivity contribution in [2.24, 2.45) is 17.8 Å². The zero-order chi connectivity index (χ0) is 12.2. The van der Waals surface area contributed by atoms with E-state index in [1.54, 1.807) is 0 Å². The average molecular weight is 225 g/mol. The second kappa shape index (κ2) is 6.05. The van der Waals surface area contributed by atoms with Crippen LogP contribution in [0.2, 0.25) is 0 Å². The summed E-state index contributed by atoms with van der Waals surface area (Å²) in [6.07, 6.45) is 7.14. The average Bonchev–Trinajstić information content (AvgIpc) is 2.16. The highest BCUT2D eigenvalue weighted by atomic mass is 14.9. The van der Waals surface area contributed by atoms with Gasteiger partial charge < -0.3 is 5.32 Å². The first-order valence-electron chi connectivity index (χ1n) is 7.21. The molecule has 16 heavy (non-hydrogen) atoms. The molecule has 0 bridgehead atoms. The van der Waals surface area contributed by atoms with Gasteiger partial charge in [-0.15, -0.1) is 0 Å². The lowest BCUT2D eigenvalue weighted by Crippen LogP contribution is -2.44. The van der Waals surface area contributed by atoms with E-state index >= 15 is 0 Å². The molecule has 2 unspecified atom stereocenters. The topological polar surface area (TPSA) is 12.0 Å². The third-order valence-corrected chi connectivity index (χ3v) is 4.26. The van der Waals surface area contributed by atoms with Gasteiger partial charge in [-0.25, -0.2) is 0 Å². The maximum Gasteiger partial charge on any atom is 0.00966 e. The summed E-state index contributed by atoms with van der Waals surface area (Å²) in [5.41, 5.74) is 0.287. The van der Waals surface area contributed by atoms with Crippen molar-refractivity contribution in [3.8, 4) is 0 Å². The first-order valence-corrected chi connectivity index (χ1v) is 7.21. The Hall–Kier alpha value is -0.0400. The summed E-state index contributed by atoms with van der Waals surface area (Å²) >= 11 is 0. The first-order chi connectivity index (χ1) is 7.46. The van der Waals surface area contributed by atoms with Gasteiger partial charge in [0.25, 0.3) is 0 Å². The van der Waals surface area contributed by atoms with Crippen molar-refractivity contribution in [1.82, 2.24) is 5.32 Å². The molecular weight excluding hydrogens is 194 g/mol. The Morgan fingerprint density at radius 3 is 2.00 bits per heavy atom. The van der Waals surface area contributed by atoms with Gasteiger partial charge in [-0.1, -0.05) is 26.7 Å². The van der Waals surface area contributed by atoms with Gasteiger partial charge in [0.1, 0.15) is 0 Å². The standard InChI is InChI=1S/C15H31N/c1-6-12(7-2)10-13-8-9-14(13)11-16-15(3,4)5/h12-14,16H,6-11H2,1-5H3. The minimum atomic E-state index is 0.287. The fourth-order valence-corrected chi connectivity index (χ4v) is 2.70. The van der Waals surface area contributed by atoms with Gasteiger partial charge in [0.2, 0.25) is 0 Å². The Morgan fingerprint density at radius 2 is 1.62 bits per heavy atom. The summed E-state index contributed by atoms with van der Waals surface area (Å²) < 4.78 is 0. The lowest BCUT2D eigenvalue weighted by atomic mass is 9.69. The van der Waals surface area contributed by atoms with E-state index < -0.39 is 0 Å². The Balaban J connectivity index is 2.24. The molecule has 0 spiro atoms. The third kappa shape index (κ3) is 4.45. The molecule has 0 aromatic rings. The minimum absolute atomic E-state index is 0.287. The molecular formula is C15H31N. The molecule has 2 atom stereocenters. The normalized spacial score (nSPS) is 25.9. The van der Waals surface area contributed by atoms with Gasteiger partial charge >= 0.3 is 0 Å². The molecule has 1 heteroatoms. The van der Waals surface area contributed by atoms with Crippen molar-refractivity contribution >= 4 is 0 Å². The quantitative estimate of drug-likeness (QED) is 0.713. The van der Waals surface area contributed by atoms with Crippen LogP contribution < -0.4 is 5.32 Å². The fraction of sp³-hybridized carbons (Fsp3) is 1.00. The molecule has 0 amide bonds. The predicted octanol–water partition coefficient (Wildman–Crippen LogP) is 4.23. The van der Waals surface area contributed by atoms with Crippen molar-refractivity contribution in [3.63, 3.8) is 0 Å². The Kier molecular flexibility index (Phi) is 5.30. The number of rotatable bonds is 6. The van der Waals surface area contributed by atoms with Gasteiger partial charge in [-0.2, -0.15) is 0 Å². The monoisotopic (exact) mass is 225 g/mol. The molecule has 1 N–H and O–H groups in total. The van der Waals surface area contributed by atoms with Gasteiger partial charge in [-0.3, -0.25) is 0 Å². The molecule has 0 aromatic heterocycles. The summed E-state index contributed by atoms with van der Waals surface area (Å²) in [5.74, 6) is 2.95. The second-order valence-corrected chi connectivity index (χ2v) is 6.65. The van der Waals surface area contributed by atoms with Crippen LogP contribution in [0.1, 0.15) is 66.7 Å². The van der Waals surface area contributed by atoms with Crippen LogP contribution in [-0.2, 0) is 0 Å². The van der Waals surface area contributed by atoms with E-state index in [9.17, 15) is 0 Å². The fourth-order valence-electron chi connectivity index (χ4n) is 2.70. The largest absolute Gasteiger partial charge is 0.312 e.